The van der Waals surface area contributed by atoms with Gasteiger partial charge in [0.1, 0.15) is 6.54 Å². The van der Waals surface area contributed by atoms with Crippen LogP contribution in [0.4, 0.5) is 18.9 Å². The molecule has 170 valence electrons. The van der Waals surface area contributed by atoms with Crippen LogP contribution in [0.15, 0.2) is 59.6 Å². The van der Waals surface area contributed by atoms with Crippen LogP contribution in [-0.4, -0.2) is 54.5 Å². The third-order valence-corrected chi connectivity index (χ3v) is 7.38. The van der Waals surface area contributed by atoms with E-state index in [0.29, 0.717) is 29.7 Å². The highest BCUT2D eigenvalue weighted by molar-refractivity contribution is 7.89. The van der Waals surface area contributed by atoms with E-state index in [-0.39, 0.29) is 24.5 Å². The first-order chi connectivity index (χ1) is 15.1. The summed E-state index contributed by atoms with van der Waals surface area (Å²) < 4.78 is 67.3. The van der Waals surface area contributed by atoms with Crippen LogP contribution < -0.4 is 4.90 Å². The van der Waals surface area contributed by atoms with Gasteiger partial charge in [0.25, 0.3) is 0 Å². The van der Waals surface area contributed by atoms with Crippen molar-refractivity contribution in [3.63, 3.8) is 0 Å². The zero-order valence-corrected chi connectivity index (χ0v) is 17.6. The molecule has 0 radical (unpaired) electrons. The van der Waals surface area contributed by atoms with E-state index in [0.717, 1.165) is 12.1 Å². The molecule has 0 unspecified atom stereocenters. The number of carbonyl (C=O) groups is 1. The fourth-order valence-electron chi connectivity index (χ4n) is 3.82. The lowest BCUT2D eigenvalue weighted by Gasteiger charge is -2.35. The van der Waals surface area contributed by atoms with Crippen molar-refractivity contribution < 1.29 is 31.5 Å². The molecule has 1 aliphatic heterocycles. The van der Waals surface area contributed by atoms with Crippen LogP contribution in [-0.2, 0) is 27.5 Å². The molecule has 2 aromatic carbocycles. The number of carboxylic acids is 1. The van der Waals surface area contributed by atoms with Crippen LogP contribution >= 0.6 is 0 Å². The third-order valence-electron chi connectivity index (χ3n) is 5.48. The van der Waals surface area contributed by atoms with Gasteiger partial charge in [-0.15, -0.1) is 0 Å². The maximum Gasteiger partial charge on any atom is 0.416 e. The zero-order chi connectivity index (χ0) is 23.1. The maximum atomic E-state index is 13.1. The molecule has 0 saturated carbocycles. The highest BCUT2D eigenvalue weighted by Crippen LogP contribution is 2.31. The summed E-state index contributed by atoms with van der Waals surface area (Å²) in [6.07, 6.45) is -2.81. The average molecular weight is 467 g/mol. The van der Waals surface area contributed by atoms with Crippen molar-refractivity contribution in [1.82, 2.24) is 8.87 Å². The number of aliphatic carboxylic acids is 1. The Morgan fingerprint density at radius 1 is 0.969 bits per heavy atom. The minimum absolute atomic E-state index is 0.112. The molecule has 1 N–H and O–H groups in total. The molecule has 0 amide bonds. The molecule has 11 heteroatoms. The summed E-state index contributed by atoms with van der Waals surface area (Å²) in [7, 11) is -3.77. The second-order valence-electron chi connectivity index (χ2n) is 7.49. The van der Waals surface area contributed by atoms with E-state index < -0.39 is 27.7 Å². The first-order valence-corrected chi connectivity index (χ1v) is 11.2. The second kappa shape index (κ2) is 8.14. The van der Waals surface area contributed by atoms with Crippen LogP contribution in [0, 0.1) is 0 Å². The molecular weight excluding hydrogens is 447 g/mol. The Balaban J connectivity index is 1.47. The molecule has 0 aliphatic carbocycles. The number of sulfonamides is 1. The lowest BCUT2D eigenvalue weighted by atomic mass is 10.2. The number of alkyl halides is 3. The van der Waals surface area contributed by atoms with Crippen molar-refractivity contribution in [3.05, 3.63) is 60.3 Å². The van der Waals surface area contributed by atoms with Crippen molar-refractivity contribution in [3.8, 4) is 0 Å². The van der Waals surface area contributed by atoms with E-state index in [1.165, 1.54) is 33.1 Å². The average Bonchev–Trinajstić information content (AvgIpc) is 3.15. The van der Waals surface area contributed by atoms with E-state index in [2.05, 4.69) is 0 Å². The van der Waals surface area contributed by atoms with Gasteiger partial charge >= 0.3 is 12.1 Å². The maximum absolute atomic E-state index is 13.1. The number of piperazine rings is 1. The Bertz CT molecular complexity index is 1250. The third kappa shape index (κ3) is 4.30. The SMILES string of the molecule is O=C(O)Cn1ccc2cc(S(=O)(=O)N3CCN(c4ccc(C(F)(F)F)cc4)CC3)ccc21. The zero-order valence-electron chi connectivity index (χ0n) is 16.8. The molecule has 4 rings (SSSR count). The summed E-state index contributed by atoms with van der Waals surface area (Å²) in [5.41, 5.74) is 0.504. The molecule has 0 spiro atoms. The molecule has 1 saturated heterocycles. The first-order valence-electron chi connectivity index (χ1n) is 9.79. The Labute approximate surface area is 182 Å². The molecule has 1 aromatic heterocycles. The summed E-state index contributed by atoms with van der Waals surface area (Å²) >= 11 is 0. The fraction of sp³-hybridized carbons (Fsp3) is 0.286. The van der Waals surface area contributed by atoms with E-state index in [4.69, 9.17) is 5.11 Å². The number of rotatable bonds is 5. The number of carboxylic acid groups (broad SMARTS) is 1. The number of benzene rings is 2. The van der Waals surface area contributed by atoms with Crippen molar-refractivity contribution in [2.75, 3.05) is 31.1 Å². The van der Waals surface area contributed by atoms with Gasteiger partial charge < -0.3 is 14.6 Å². The van der Waals surface area contributed by atoms with Gasteiger partial charge in [0.15, 0.2) is 0 Å². The summed E-state index contributed by atoms with van der Waals surface area (Å²) in [4.78, 5) is 12.9. The molecule has 0 bridgehead atoms. The number of halogens is 3. The van der Waals surface area contributed by atoms with Crippen molar-refractivity contribution in [2.24, 2.45) is 0 Å². The predicted octanol–water partition coefficient (Wildman–Crippen LogP) is 3.26. The van der Waals surface area contributed by atoms with E-state index in [1.54, 1.807) is 18.3 Å². The minimum Gasteiger partial charge on any atom is -0.480 e. The van der Waals surface area contributed by atoms with Gasteiger partial charge in [-0.05, 0) is 48.5 Å². The first kappa shape index (κ1) is 22.2. The smallest absolute Gasteiger partial charge is 0.416 e. The standard InChI is InChI=1S/C21H20F3N3O4S/c22-21(23,24)16-1-3-17(4-2-16)25-9-11-27(12-10-25)32(30,31)18-5-6-19-15(13-18)7-8-26(19)14-20(28)29/h1-8,13H,9-12,14H2,(H,28,29). The Hall–Kier alpha value is -3.05. The molecule has 1 aliphatic rings. The normalized spacial score (nSPS) is 15.9. The van der Waals surface area contributed by atoms with Crippen LogP contribution in [0.1, 0.15) is 5.56 Å². The van der Waals surface area contributed by atoms with E-state index in [9.17, 15) is 26.4 Å². The van der Waals surface area contributed by atoms with Gasteiger partial charge in [-0.2, -0.15) is 17.5 Å². The van der Waals surface area contributed by atoms with Crippen molar-refractivity contribution >= 4 is 32.6 Å². The number of anilines is 1. The molecule has 3 aromatic rings. The Kier molecular flexibility index (Phi) is 5.63. The number of hydrogen-bond donors (Lipinski definition) is 1. The quantitative estimate of drug-likeness (QED) is 0.623. The van der Waals surface area contributed by atoms with Gasteiger partial charge in [0.05, 0.1) is 10.5 Å². The summed E-state index contributed by atoms with van der Waals surface area (Å²) in [6.45, 7) is 0.869. The molecule has 1 fully saturated rings. The Morgan fingerprint density at radius 3 is 2.22 bits per heavy atom. The van der Waals surface area contributed by atoms with E-state index in [1.807, 2.05) is 4.90 Å². The fourth-order valence-corrected chi connectivity index (χ4v) is 5.28. The van der Waals surface area contributed by atoms with Gasteiger partial charge in [-0.25, -0.2) is 8.42 Å². The van der Waals surface area contributed by atoms with Gasteiger partial charge in [0.2, 0.25) is 10.0 Å². The van der Waals surface area contributed by atoms with Crippen LogP contribution in [0.25, 0.3) is 10.9 Å². The largest absolute Gasteiger partial charge is 0.480 e. The number of fused-ring (bicyclic) bond motifs is 1. The summed E-state index contributed by atoms with van der Waals surface area (Å²) in [5.74, 6) is -0.995. The second-order valence-corrected chi connectivity index (χ2v) is 9.43. The monoisotopic (exact) mass is 467 g/mol. The molecule has 7 nitrogen and oxygen atoms in total. The van der Waals surface area contributed by atoms with E-state index >= 15 is 0 Å². The molecule has 32 heavy (non-hydrogen) atoms. The number of nitrogens with zero attached hydrogens (tertiary/aromatic N) is 3. The summed E-state index contributed by atoms with van der Waals surface area (Å²) in [6, 6.07) is 11.0. The molecule has 2 heterocycles. The van der Waals surface area contributed by atoms with Gasteiger partial charge in [0, 0.05) is 49.0 Å². The van der Waals surface area contributed by atoms with Crippen molar-refractivity contribution in [2.45, 2.75) is 17.6 Å². The summed E-state index contributed by atoms with van der Waals surface area (Å²) in [5, 5.41) is 9.60. The number of hydrogen-bond acceptors (Lipinski definition) is 4. The van der Waals surface area contributed by atoms with Crippen LogP contribution in [0.2, 0.25) is 0 Å². The lowest BCUT2D eigenvalue weighted by molar-refractivity contribution is -0.138. The highest BCUT2D eigenvalue weighted by Gasteiger charge is 2.31. The van der Waals surface area contributed by atoms with Crippen LogP contribution in [0.5, 0.6) is 0 Å². The van der Waals surface area contributed by atoms with Crippen molar-refractivity contribution in [1.29, 1.82) is 0 Å². The Morgan fingerprint density at radius 2 is 1.62 bits per heavy atom. The topological polar surface area (TPSA) is 82.8 Å². The minimum atomic E-state index is -4.40. The number of aromatic nitrogens is 1. The molecule has 0 atom stereocenters. The molecular formula is C21H20F3N3O4S. The highest BCUT2D eigenvalue weighted by atomic mass is 32.2. The predicted molar refractivity (Wildman–Crippen MR) is 112 cm³/mol. The van der Waals surface area contributed by atoms with Gasteiger partial charge in [-0.3, -0.25) is 4.79 Å². The lowest BCUT2D eigenvalue weighted by Crippen LogP contribution is -2.48. The van der Waals surface area contributed by atoms with Gasteiger partial charge in [-0.1, -0.05) is 0 Å². The van der Waals surface area contributed by atoms with Crippen LogP contribution in [0.3, 0.4) is 0 Å².